The number of carbonyl (C=O) groups is 1. The number of hydrogen-bond acceptors (Lipinski definition) is 4. The molecule has 0 fully saturated rings. The van der Waals surface area contributed by atoms with E-state index in [-0.39, 0.29) is 6.61 Å². The maximum Gasteiger partial charge on any atom is 0.366 e. The zero-order valence-corrected chi connectivity index (χ0v) is 9.88. The molecule has 1 unspecified atom stereocenters. The van der Waals surface area contributed by atoms with Gasteiger partial charge >= 0.3 is 13.6 Å². The van der Waals surface area contributed by atoms with Crippen molar-refractivity contribution in [1.29, 1.82) is 0 Å². The lowest BCUT2D eigenvalue weighted by Crippen LogP contribution is -2.07. The van der Waals surface area contributed by atoms with Gasteiger partial charge in [-0.1, -0.05) is 30.3 Å². The lowest BCUT2D eigenvalue weighted by atomic mass is 10.2. The van der Waals surface area contributed by atoms with Crippen LogP contribution in [0.1, 0.15) is 5.56 Å². The molecular formula is C10H13O6P. The standard InChI is InChI=1S/C10H13O6P/c11-10(12)8-17(13,14)16-15-7-6-9-4-2-1-3-5-9/h1-5H,6-8H2,(H,11,12)(H,13,14). The molecule has 0 saturated heterocycles. The molecule has 0 aliphatic heterocycles. The molecule has 1 aromatic rings. The van der Waals surface area contributed by atoms with Crippen LogP contribution in [0.15, 0.2) is 30.3 Å². The van der Waals surface area contributed by atoms with Gasteiger partial charge in [0.2, 0.25) is 0 Å². The fourth-order valence-electron chi connectivity index (χ4n) is 1.12. The molecule has 6 nitrogen and oxygen atoms in total. The Morgan fingerprint density at radius 2 is 1.94 bits per heavy atom. The minimum atomic E-state index is -4.19. The molecule has 1 aromatic carbocycles. The van der Waals surface area contributed by atoms with Gasteiger partial charge < -0.3 is 10.00 Å². The first-order valence-corrected chi connectivity index (χ1v) is 6.64. The van der Waals surface area contributed by atoms with Crippen molar-refractivity contribution >= 4 is 13.6 Å². The Balaban J connectivity index is 2.24. The van der Waals surface area contributed by atoms with Crippen molar-refractivity contribution in [2.75, 3.05) is 12.8 Å². The van der Waals surface area contributed by atoms with E-state index < -0.39 is 19.7 Å². The quantitative estimate of drug-likeness (QED) is 0.333. The summed E-state index contributed by atoms with van der Waals surface area (Å²) >= 11 is 0. The van der Waals surface area contributed by atoms with E-state index in [1.165, 1.54) is 0 Å². The van der Waals surface area contributed by atoms with Gasteiger partial charge in [-0.3, -0.25) is 9.36 Å². The summed E-state index contributed by atoms with van der Waals surface area (Å²) in [5.41, 5.74) is 0.988. The van der Waals surface area contributed by atoms with Gasteiger partial charge in [-0.05, 0) is 12.0 Å². The molecule has 2 N–H and O–H groups in total. The molecule has 0 bridgehead atoms. The summed E-state index contributed by atoms with van der Waals surface area (Å²) in [4.78, 5) is 23.7. The van der Waals surface area contributed by atoms with E-state index >= 15 is 0 Å². The maximum atomic E-state index is 11.1. The first kappa shape index (κ1) is 13.9. The first-order valence-electron chi connectivity index (χ1n) is 4.88. The van der Waals surface area contributed by atoms with Gasteiger partial charge in [0, 0.05) is 0 Å². The summed E-state index contributed by atoms with van der Waals surface area (Å²) in [6.07, 6.45) is -0.466. The van der Waals surface area contributed by atoms with E-state index in [9.17, 15) is 9.36 Å². The predicted molar refractivity (Wildman–Crippen MR) is 59.5 cm³/mol. The lowest BCUT2D eigenvalue weighted by Gasteiger charge is -2.08. The molecule has 0 amide bonds. The summed E-state index contributed by atoms with van der Waals surface area (Å²) in [7, 11) is -4.19. The molecule has 0 spiro atoms. The molecule has 0 aliphatic rings. The highest BCUT2D eigenvalue weighted by Crippen LogP contribution is 2.41. The minimum Gasteiger partial charge on any atom is -0.481 e. The summed E-state index contributed by atoms with van der Waals surface area (Å²) in [6.45, 7) is 0.0776. The van der Waals surface area contributed by atoms with Crippen molar-refractivity contribution in [3.63, 3.8) is 0 Å². The van der Waals surface area contributed by atoms with Crippen LogP contribution in [-0.4, -0.2) is 28.7 Å². The Hall–Kier alpha value is -1.20. The topological polar surface area (TPSA) is 93.1 Å². The molecule has 17 heavy (non-hydrogen) atoms. The Kier molecular flexibility index (Phi) is 5.31. The van der Waals surface area contributed by atoms with Gasteiger partial charge in [-0.2, -0.15) is 0 Å². The first-order chi connectivity index (χ1) is 7.99. The number of carboxylic acids is 1. The van der Waals surface area contributed by atoms with Gasteiger partial charge in [-0.25, -0.2) is 4.89 Å². The molecule has 0 aromatic heterocycles. The normalized spacial score (nSPS) is 14.2. The van der Waals surface area contributed by atoms with Crippen LogP contribution in [0.5, 0.6) is 0 Å². The highest BCUT2D eigenvalue weighted by atomic mass is 31.2. The molecule has 0 saturated carbocycles. The third kappa shape index (κ3) is 6.19. The molecule has 0 aliphatic carbocycles. The number of aliphatic carboxylic acids is 1. The van der Waals surface area contributed by atoms with Crippen molar-refractivity contribution in [1.82, 2.24) is 0 Å². The lowest BCUT2D eigenvalue weighted by molar-refractivity contribution is -0.212. The Morgan fingerprint density at radius 3 is 2.53 bits per heavy atom. The van der Waals surface area contributed by atoms with Crippen LogP contribution in [0.2, 0.25) is 0 Å². The summed E-state index contributed by atoms with van der Waals surface area (Å²) in [5, 5.41) is 8.32. The van der Waals surface area contributed by atoms with E-state index in [0.29, 0.717) is 6.42 Å². The number of benzene rings is 1. The van der Waals surface area contributed by atoms with Crippen molar-refractivity contribution in [3.8, 4) is 0 Å². The van der Waals surface area contributed by atoms with Gasteiger partial charge in [0.15, 0.2) is 0 Å². The molecule has 1 rings (SSSR count). The van der Waals surface area contributed by atoms with Crippen LogP contribution in [0.3, 0.4) is 0 Å². The molecule has 7 heteroatoms. The van der Waals surface area contributed by atoms with Gasteiger partial charge in [0.1, 0.15) is 6.16 Å². The Morgan fingerprint density at radius 1 is 1.29 bits per heavy atom. The molecule has 0 radical (unpaired) electrons. The number of carboxylic acid groups (broad SMARTS) is 1. The summed E-state index contributed by atoms with van der Waals surface area (Å²) in [5.74, 6) is -1.41. The Bertz CT molecular complexity index is 405. The highest BCUT2D eigenvalue weighted by molar-refractivity contribution is 7.53. The van der Waals surface area contributed by atoms with Crippen LogP contribution in [0.4, 0.5) is 0 Å². The number of hydrogen-bond donors (Lipinski definition) is 2. The van der Waals surface area contributed by atoms with Gasteiger partial charge in [0.25, 0.3) is 0 Å². The molecular weight excluding hydrogens is 247 g/mol. The Labute approximate surface area is 98.3 Å². The van der Waals surface area contributed by atoms with Crippen LogP contribution < -0.4 is 0 Å². The largest absolute Gasteiger partial charge is 0.481 e. The van der Waals surface area contributed by atoms with Crippen molar-refractivity contribution in [3.05, 3.63) is 35.9 Å². The fraction of sp³-hybridized carbons (Fsp3) is 0.300. The van der Waals surface area contributed by atoms with Crippen LogP contribution in [0, 0.1) is 0 Å². The van der Waals surface area contributed by atoms with Crippen molar-refractivity contribution in [2.24, 2.45) is 0 Å². The highest BCUT2D eigenvalue weighted by Gasteiger charge is 2.25. The van der Waals surface area contributed by atoms with Crippen LogP contribution in [0.25, 0.3) is 0 Å². The molecule has 94 valence electrons. The second kappa shape index (κ2) is 6.51. The third-order valence-corrected chi connectivity index (χ3v) is 2.83. The fourth-order valence-corrected chi connectivity index (χ4v) is 1.75. The average molecular weight is 260 g/mol. The maximum absolute atomic E-state index is 11.1. The molecule has 1 atom stereocenters. The third-order valence-electron chi connectivity index (χ3n) is 1.82. The molecule has 0 heterocycles. The van der Waals surface area contributed by atoms with E-state index in [4.69, 9.17) is 10.00 Å². The van der Waals surface area contributed by atoms with Crippen LogP contribution in [-0.2, 0) is 25.3 Å². The van der Waals surface area contributed by atoms with Gasteiger partial charge in [-0.15, -0.1) is 4.67 Å². The van der Waals surface area contributed by atoms with E-state index in [1.54, 1.807) is 0 Å². The smallest absolute Gasteiger partial charge is 0.366 e. The monoisotopic (exact) mass is 260 g/mol. The van der Waals surface area contributed by atoms with E-state index in [0.717, 1.165) is 5.56 Å². The van der Waals surface area contributed by atoms with E-state index in [2.05, 4.69) is 9.56 Å². The van der Waals surface area contributed by atoms with Crippen molar-refractivity contribution < 1.29 is 28.9 Å². The van der Waals surface area contributed by atoms with Gasteiger partial charge in [0.05, 0.1) is 6.61 Å². The average Bonchev–Trinajstić information content (AvgIpc) is 2.24. The second-order valence-corrected chi connectivity index (χ2v) is 5.06. The number of rotatable bonds is 7. The second-order valence-electron chi connectivity index (χ2n) is 3.32. The van der Waals surface area contributed by atoms with Crippen molar-refractivity contribution in [2.45, 2.75) is 6.42 Å². The SMILES string of the molecule is O=C(O)CP(=O)(O)OOCCc1ccccc1. The van der Waals surface area contributed by atoms with Crippen LogP contribution >= 0.6 is 7.60 Å². The summed E-state index contributed by atoms with van der Waals surface area (Å²) < 4.78 is 15.3. The zero-order valence-electron chi connectivity index (χ0n) is 8.98. The zero-order chi connectivity index (χ0) is 12.7. The minimum absolute atomic E-state index is 0.0776. The summed E-state index contributed by atoms with van der Waals surface area (Å²) in [6, 6.07) is 9.34. The van der Waals surface area contributed by atoms with E-state index in [1.807, 2.05) is 30.3 Å². The predicted octanol–water partition coefficient (Wildman–Crippen LogP) is 1.45.